The Kier molecular flexibility index (Phi) is 7.57. The average Bonchev–Trinajstić information content (AvgIpc) is 3.25. The van der Waals surface area contributed by atoms with Gasteiger partial charge in [0.2, 0.25) is 5.91 Å². The van der Waals surface area contributed by atoms with Gasteiger partial charge in [-0.25, -0.2) is 4.21 Å². The molecule has 2 aromatic carbocycles. The molecule has 2 amide bonds. The van der Waals surface area contributed by atoms with Gasteiger partial charge >= 0.3 is 0 Å². The van der Waals surface area contributed by atoms with E-state index >= 15 is 0 Å². The lowest BCUT2D eigenvalue weighted by Crippen LogP contribution is -2.51. The summed E-state index contributed by atoms with van der Waals surface area (Å²) in [5.74, 6) is -0.874. The number of hydrogen-bond donors (Lipinski definition) is 4. The Morgan fingerprint density at radius 1 is 1.09 bits per heavy atom. The van der Waals surface area contributed by atoms with Crippen molar-refractivity contribution < 1.29 is 18.4 Å². The highest BCUT2D eigenvalue weighted by molar-refractivity contribution is 7.79. The Balaban J connectivity index is 1.61. The predicted octanol–water partition coefficient (Wildman–Crippen LogP) is 3.77. The number of aromatic amines is 1. The smallest absolute Gasteiger partial charge is 0.253 e. The third-order valence-electron chi connectivity index (χ3n) is 5.81. The van der Waals surface area contributed by atoms with Gasteiger partial charge in [-0.1, -0.05) is 50.2 Å². The Morgan fingerprint density at radius 2 is 1.83 bits per heavy atom. The summed E-state index contributed by atoms with van der Waals surface area (Å²) in [6.45, 7) is 3.81. The number of hydrogen-bond acceptors (Lipinski definition) is 4. The van der Waals surface area contributed by atoms with Crippen LogP contribution in [0.2, 0.25) is 0 Å². The van der Waals surface area contributed by atoms with Crippen LogP contribution in [0, 0.1) is 5.92 Å². The van der Waals surface area contributed by atoms with E-state index in [-0.39, 0.29) is 12.3 Å². The summed E-state index contributed by atoms with van der Waals surface area (Å²) in [7, 11) is 0. The van der Waals surface area contributed by atoms with Crippen molar-refractivity contribution in [2.24, 2.45) is 5.92 Å². The molecule has 0 saturated carbocycles. The first-order chi connectivity index (χ1) is 16.8. The van der Waals surface area contributed by atoms with Crippen LogP contribution in [0.25, 0.3) is 21.8 Å². The molecule has 2 aromatic heterocycles. The second-order valence-corrected chi connectivity index (χ2v) is 10.0. The van der Waals surface area contributed by atoms with Crippen molar-refractivity contribution in [2.45, 2.75) is 38.1 Å². The van der Waals surface area contributed by atoms with Crippen molar-refractivity contribution in [3.63, 3.8) is 0 Å². The minimum atomic E-state index is -2.25. The van der Waals surface area contributed by atoms with Crippen LogP contribution in [0.4, 0.5) is 0 Å². The fourth-order valence-corrected chi connectivity index (χ4v) is 4.81. The third-order valence-corrected chi connectivity index (χ3v) is 6.60. The van der Waals surface area contributed by atoms with Gasteiger partial charge in [0.25, 0.3) is 5.91 Å². The van der Waals surface area contributed by atoms with Crippen LogP contribution in [0.1, 0.15) is 36.2 Å². The van der Waals surface area contributed by atoms with E-state index in [0.717, 1.165) is 27.4 Å². The molecule has 0 saturated heterocycles. The molecule has 0 fully saturated rings. The largest absolute Gasteiger partial charge is 0.361 e. The van der Waals surface area contributed by atoms with Gasteiger partial charge in [0.15, 0.2) is 11.1 Å². The van der Waals surface area contributed by atoms with Gasteiger partial charge in [-0.3, -0.25) is 14.6 Å². The predicted molar refractivity (Wildman–Crippen MR) is 137 cm³/mol. The van der Waals surface area contributed by atoms with E-state index in [1.54, 1.807) is 6.07 Å². The van der Waals surface area contributed by atoms with Crippen LogP contribution in [-0.4, -0.2) is 42.0 Å². The lowest BCUT2D eigenvalue weighted by Gasteiger charge is -2.22. The molecule has 3 atom stereocenters. The number of nitrogens with one attached hydrogen (secondary N) is 3. The molecular formula is C26H28N4O4S. The van der Waals surface area contributed by atoms with E-state index in [1.165, 1.54) is 6.20 Å². The molecule has 0 spiro atoms. The van der Waals surface area contributed by atoms with Crippen molar-refractivity contribution in [3.05, 3.63) is 78.1 Å². The summed E-state index contributed by atoms with van der Waals surface area (Å²) in [5.41, 5.74) is 2.85. The lowest BCUT2D eigenvalue weighted by molar-refractivity contribution is -0.123. The molecule has 1 unspecified atom stereocenters. The minimum Gasteiger partial charge on any atom is -0.361 e. The van der Waals surface area contributed by atoms with Gasteiger partial charge in [-0.05, 0) is 36.1 Å². The zero-order chi connectivity index (χ0) is 24.9. The van der Waals surface area contributed by atoms with Crippen LogP contribution in [0.15, 0.2) is 67.0 Å². The number of pyridine rings is 1. The second-order valence-electron chi connectivity index (χ2n) is 8.91. The highest BCUT2D eigenvalue weighted by Gasteiger charge is 2.27. The number of fused-ring (bicyclic) bond motifs is 2. The molecule has 2 heterocycles. The van der Waals surface area contributed by atoms with Crippen LogP contribution in [-0.2, 0) is 22.3 Å². The molecule has 0 radical (unpaired) electrons. The van der Waals surface area contributed by atoms with Crippen LogP contribution in [0.3, 0.4) is 0 Å². The Bertz CT molecular complexity index is 1380. The summed E-state index contributed by atoms with van der Waals surface area (Å²) in [6.07, 6.45) is 3.82. The SMILES string of the molecule is CC(C)C[C@H](NC(=O)[C@H](Cc1c[nH]c2ccccc12)NC(=O)c1cnc2ccccc2c1)S(=O)O. The molecule has 4 rings (SSSR count). The maximum atomic E-state index is 13.3. The molecule has 0 aliphatic heterocycles. The van der Waals surface area contributed by atoms with Crippen molar-refractivity contribution in [1.82, 2.24) is 20.6 Å². The second kappa shape index (κ2) is 10.8. The van der Waals surface area contributed by atoms with Crippen LogP contribution < -0.4 is 10.6 Å². The first-order valence-electron chi connectivity index (χ1n) is 11.4. The van der Waals surface area contributed by atoms with E-state index in [0.29, 0.717) is 12.0 Å². The maximum Gasteiger partial charge on any atom is 0.253 e. The number of amides is 2. The molecule has 0 aliphatic carbocycles. The fourth-order valence-electron chi connectivity index (χ4n) is 4.05. The molecule has 9 heteroatoms. The van der Waals surface area contributed by atoms with Crippen molar-refractivity contribution in [1.29, 1.82) is 0 Å². The fraction of sp³-hybridized carbons (Fsp3) is 0.269. The number of rotatable bonds is 9. The zero-order valence-corrected chi connectivity index (χ0v) is 20.3. The van der Waals surface area contributed by atoms with Gasteiger partial charge in [-0.15, -0.1) is 0 Å². The minimum absolute atomic E-state index is 0.0988. The topological polar surface area (TPSA) is 124 Å². The Labute approximate surface area is 205 Å². The average molecular weight is 493 g/mol. The van der Waals surface area contributed by atoms with E-state index in [9.17, 15) is 18.4 Å². The zero-order valence-electron chi connectivity index (χ0n) is 19.5. The van der Waals surface area contributed by atoms with Crippen molar-refractivity contribution >= 4 is 44.7 Å². The highest BCUT2D eigenvalue weighted by Crippen LogP contribution is 2.20. The third kappa shape index (κ3) is 5.93. The number of H-pyrrole nitrogens is 1. The number of para-hydroxylation sites is 2. The summed E-state index contributed by atoms with van der Waals surface area (Å²) < 4.78 is 21.6. The maximum absolute atomic E-state index is 13.3. The van der Waals surface area contributed by atoms with Gasteiger partial charge in [0.05, 0.1) is 11.1 Å². The Morgan fingerprint density at radius 3 is 2.60 bits per heavy atom. The molecule has 8 nitrogen and oxygen atoms in total. The number of aromatic nitrogens is 2. The summed E-state index contributed by atoms with van der Waals surface area (Å²) in [4.78, 5) is 33.9. The molecule has 4 aromatic rings. The van der Waals surface area contributed by atoms with Crippen molar-refractivity contribution in [3.8, 4) is 0 Å². The first kappa shape index (κ1) is 24.6. The molecule has 4 N–H and O–H groups in total. The standard InChI is InChI=1S/C26H28N4O4S/c1-16(2)11-24(35(33)34)30-26(32)23(13-18-14-28-22-10-6-4-8-20(18)22)29-25(31)19-12-17-7-3-5-9-21(17)27-15-19/h3-10,12,14-16,23-24,28H,11,13H2,1-2H3,(H,29,31)(H,30,32)(H,33,34)/t23-,24+/m0/s1. The van der Waals surface area contributed by atoms with Gasteiger partial charge in [-0.2, -0.15) is 0 Å². The highest BCUT2D eigenvalue weighted by atomic mass is 32.2. The normalized spacial score (nSPS) is 14.1. The molecule has 0 aliphatic rings. The number of benzene rings is 2. The monoisotopic (exact) mass is 492 g/mol. The molecule has 35 heavy (non-hydrogen) atoms. The summed E-state index contributed by atoms with van der Waals surface area (Å²) in [5, 5.41) is 6.29. The van der Waals surface area contributed by atoms with Crippen LogP contribution in [0.5, 0.6) is 0 Å². The number of carbonyl (C=O) groups is 2. The molecular weight excluding hydrogens is 464 g/mol. The van der Waals surface area contributed by atoms with E-state index in [2.05, 4.69) is 20.6 Å². The quantitative estimate of drug-likeness (QED) is 0.265. The van der Waals surface area contributed by atoms with E-state index < -0.39 is 34.3 Å². The van der Waals surface area contributed by atoms with E-state index in [1.807, 2.05) is 68.6 Å². The first-order valence-corrected chi connectivity index (χ1v) is 12.6. The molecule has 0 bridgehead atoms. The van der Waals surface area contributed by atoms with Crippen molar-refractivity contribution in [2.75, 3.05) is 0 Å². The van der Waals surface area contributed by atoms with Crippen LogP contribution >= 0.6 is 0 Å². The summed E-state index contributed by atoms with van der Waals surface area (Å²) >= 11 is -2.25. The number of carbonyl (C=O) groups excluding carboxylic acids is 2. The summed E-state index contributed by atoms with van der Waals surface area (Å²) in [6, 6.07) is 15.9. The van der Waals surface area contributed by atoms with E-state index in [4.69, 9.17) is 0 Å². The Hall–Kier alpha value is -3.56. The van der Waals surface area contributed by atoms with Gasteiger partial charge in [0.1, 0.15) is 11.4 Å². The van der Waals surface area contributed by atoms with Gasteiger partial charge in [0, 0.05) is 35.1 Å². The van der Waals surface area contributed by atoms with Gasteiger partial charge < -0.3 is 20.2 Å². The number of nitrogens with zero attached hydrogens (tertiary/aromatic N) is 1. The lowest BCUT2D eigenvalue weighted by atomic mass is 10.0. The molecule has 182 valence electrons.